The van der Waals surface area contributed by atoms with E-state index in [2.05, 4.69) is 5.32 Å². The zero-order valence-electron chi connectivity index (χ0n) is 19.8. The van der Waals surface area contributed by atoms with Crippen molar-refractivity contribution in [3.8, 4) is 5.75 Å². The van der Waals surface area contributed by atoms with E-state index in [-0.39, 0.29) is 17.5 Å². The Hall–Kier alpha value is -4.64. The third-order valence-corrected chi connectivity index (χ3v) is 6.01. The Morgan fingerprint density at radius 2 is 1.36 bits per heavy atom. The number of carbonyl (C=O) groups is 2. The second kappa shape index (κ2) is 10.3. The molecule has 0 radical (unpaired) electrons. The summed E-state index contributed by atoms with van der Waals surface area (Å²) >= 11 is 0. The highest BCUT2D eigenvalue weighted by Gasteiger charge is 2.28. The predicted octanol–water partition coefficient (Wildman–Crippen LogP) is 6.83. The summed E-state index contributed by atoms with van der Waals surface area (Å²) in [4.78, 5) is 27.3. The minimum absolute atomic E-state index is 0.0913. The van der Waals surface area contributed by atoms with E-state index in [1.165, 1.54) is 0 Å². The Morgan fingerprint density at radius 3 is 1.97 bits per heavy atom. The molecule has 0 aliphatic rings. The molecule has 36 heavy (non-hydrogen) atoms. The number of furan rings is 1. The average molecular weight is 476 g/mol. The number of benzene rings is 4. The van der Waals surface area contributed by atoms with Crippen LogP contribution >= 0.6 is 0 Å². The molecule has 1 aromatic heterocycles. The first-order chi connectivity index (χ1) is 17.7. The minimum atomic E-state index is -0.561. The van der Waals surface area contributed by atoms with Gasteiger partial charge >= 0.3 is 0 Å². The summed E-state index contributed by atoms with van der Waals surface area (Å²) in [7, 11) is 0. The molecule has 178 valence electrons. The molecule has 5 aromatic rings. The Balaban J connectivity index is 1.55. The van der Waals surface area contributed by atoms with Crippen LogP contribution in [0.2, 0.25) is 0 Å². The normalized spacial score (nSPS) is 10.9. The lowest BCUT2D eigenvalue weighted by Crippen LogP contribution is -2.23. The molecule has 0 unspecified atom stereocenters. The molecule has 5 rings (SSSR count). The van der Waals surface area contributed by atoms with E-state index in [0.717, 1.165) is 11.1 Å². The zero-order valence-corrected chi connectivity index (χ0v) is 19.8. The van der Waals surface area contributed by atoms with E-state index >= 15 is 0 Å². The summed E-state index contributed by atoms with van der Waals surface area (Å²) in [6.45, 7) is 2.44. The number of hydrogen-bond acceptors (Lipinski definition) is 4. The third kappa shape index (κ3) is 4.64. The molecule has 1 N–H and O–H groups in total. The molecule has 1 amide bonds. The first kappa shape index (κ1) is 23.1. The van der Waals surface area contributed by atoms with Crippen molar-refractivity contribution < 1.29 is 18.7 Å². The molecule has 5 heteroatoms. The smallest absolute Gasteiger partial charge is 0.236 e. The maximum atomic E-state index is 13.8. The second-order valence-electron chi connectivity index (χ2n) is 8.33. The van der Waals surface area contributed by atoms with Gasteiger partial charge in [-0.1, -0.05) is 72.8 Å². The predicted molar refractivity (Wildman–Crippen MR) is 141 cm³/mol. The number of nitrogens with one attached hydrogen (secondary N) is 1. The molecular formula is C31H25NO4. The van der Waals surface area contributed by atoms with Crippen LogP contribution in [0.3, 0.4) is 0 Å². The molecule has 5 nitrogen and oxygen atoms in total. The van der Waals surface area contributed by atoms with Gasteiger partial charge in [-0.3, -0.25) is 9.59 Å². The lowest BCUT2D eigenvalue weighted by atomic mass is 9.90. The number of anilines is 1. The first-order valence-electron chi connectivity index (χ1n) is 11.9. The van der Waals surface area contributed by atoms with Crippen molar-refractivity contribution in [2.45, 2.75) is 12.8 Å². The van der Waals surface area contributed by atoms with Gasteiger partial charge in [0.2, 0.25) is 11.7 Å². The Labute approximate surface area is 209 Å². The van der Waals surface area contributed by atoms with E-state index in [1.807, 2.05) is 85.8 Å². The van der Waals surface area contributed by atoms with Crippen molar-refractivity contribution >= 4 is 28.3 Å². The van der Waals surface area contributed by atoms with Gasteiger partial charge < -0.3 is 14.5 Å². The van der Waals surface area contributed by atoms with E-state index in [9.17, 15) is 9.59 Å². The molecule has 4 aromatic carbocycles. The number of hydrogen-bond donors (Lipinski definition) is 1. The molecule has 0 fully saturated rings. The molecular weight excluding hydrogens is 450 g/mol. The zero-order chi connectivity index (χ0) is 24.9. The van der Waals surface area contributed by atoms with Crippen LogP contribution < -0.4 is 10.1 Å². The van der Waals surface area contributed by atoms with Gasteiger partial charge in [0.25, 0.3) is 0 Å². The molecule has 0 bridgehead atoms. The number of amides is 1. The standard InChI is InChI=1S/C31H25NO4/c1-2-35-24-19-17-23(18-20-24)29(33)30-28(25-15-9-10-16-26(25)36-30)32-31(34)27(21-11-5-3-6-12-21)22-13-7-4-8-14-22/h3-20,27H,2H2,1H3,(H,32,34). The number of ether oxygens (including phenoxy) is 1. The van der Waals surface area contributed by atoms with Crippen LogP contribution in [0.1, 0.15) is 40.1 Å². The van der Waals surface area contributed by atoms with Gasteiger partial charge in [-0.05, 0) is 54.4 Å². The van der Waals surface area contributed by atoms with Crippen molar-refractivity contribution in [1.29, 1.82) is 0 Å². The number of carbonyl (C=O) groups excluding carboxylic acids is 2. The van der Waals surface area contributed by atoms with Crippen molar-refractivity contribution in [2.75, 3.05) is 11.9 Å². The van der Waals surface area contributed by atoms with Crippen LogP contribution in [-0.2, 0) is 4.79 Å². The van der Waals surface area contributed by atoms with E-state index in [1.54, 1.807) is 30.3 Å². The lowest BCUT2D eigenvalue weighted by molar-refractivity contribution is -0.116. The van der Waals surface area contributed by atoms with Crippen molar-refractivity contribution in [3.63, 3.8) is 0 Å². The van der Waals surface area contributed by atoms with Gasteiger partial charge in [-0.2, -0.15) is 0 Å². The molecule has 0 aliphatic heterocycles. The largest absolute Gasteiger partial charge is 0.494 e. The van der Waals surface area contributed by atoms with Gasteiger partial charge in [0.05, 0.1) is 18.2 Å². The molecule has 0 saturated heterocycles. The number of para-hydroxylation sites is 1. The van der Waals surface area contributed by atoms with E-state index in [0.29, 0.717) is 34.6 Å². The van der Waals surface area contributed by atoms with Gasteiger partial charge in [-0.15, -0.1) is 0 Å². The number of ketones is 1. The van der Waals surface area contributed by atoms with Gasteiger partial charge in [-0.25, -0.2) is 0 Å². The highest BCUT2D eigenvalue weighted by atomic mass is 16.5. The van der Waals surface area contributed by atoms with Crippen LogP contribution in [0.5, 0.6) is 5.75 Å². The van der Waals surface area contributed by atoms with Crippen LogP contribution in [0, 0.1) is 0 Å². The average Bonchev–Trinajstić information content (AvgIpc) is 3.28. The van der Waals surface area contributed by atoms with Crippen molar-refractivity contribution in [3.05, 3.63) is 132 Å². The fraction of sp³-hybridized carbons (Fsp3) is 0.0968. The van der Waals surface area contributed by atoms with Crippen LogP contribution in [0.4, 0.5) is 5.69 Å². The Kier molecular flexibility index (Phi) is 6.63. The molecule has 0 spiro atoms. The Bertz CT molecular complexity index is 1450. The molecule has 1 heterocycles. The first-order valence-corrected chi connectivity index (χ1v) is 11.9. The summed E-state index contributed by atoms with van der Waals surface area (Å²) in [5, 5.41) is 3.70. The fourth-order valence-electron chi connectivity index (χ4n) is 4.31. The third-order valence-electron chi connectivity index (χ3n) is 6.01. The fourth-order valence-corrected chi connectivity index (χ4v) is 4.31. The van der Waals surface area contributed by atoms with Gasteiger partial charge in [0, 0.05) is 10.9 Å². The highest BCUT2D eigenvalue weighted by Crippen LogP contribution is 2.35. The Morgan fingerprint density at radius 1 is 0.778 bits per heavy atom. The van der Waals surface area contributed by atoms with Crippen molar-refractivity contribution in [2.24, 2.45) is 0 Å². The topological polar surface area (TPSA) is 68.5 Å². The van der Waals surface area contributed by atoms with Crippen LogP contribution in [0.15, 0.2) is 114 Å². The number of fused-ring (bicyclic) bond motifs is 1. The summed E-state index contributed by atoms with van der Waals surface area (Å²) in [6.07, 6.45) is 0. The lowest BCUT2D eigenvalue weighted by Gasteiger charge is -2.18. The second-order valence-corrected chi connectivity index (χ2v) is 8.33. The van der Waals surface area contributed by atoms with Crippen LogP contribution in [-0.4, -0.2) is 18.3 Å². The monoisotopic (exact) mass is 475 g/mol. The molecule has 0 atom stereocenters. The van der Waals surface area contributed by atoms with Crippen molar-refractivity contribution in [1.82, 2.24) is 0 Å². The maximum Gasteiger partial charge on any atom is 0.236 e. The molecule has 0 saturated carbocycles. The van der Waals surface area contributed by atoms with Gasteiger partial charge in [0.15, 0.2) is 5.76 Å². The molecule has 0 aliphatic carbocycles. The summed E-state index contributed by atoms with van der Waals surface area (Å²) in [6, 6.07) is 33.4. The van der Waals surface area contributed by atoms with E-state index in [4.69, 9.17) is 9.15 Å². The summed E-state index contributed by atoms with van der Waals surface area (Å²) in [5.74, 6) is -0.357. The van der Waals surface area contributed by atoms with Crippen LogP contribution in [0.25, 0.3) is 11.0 Å². The SMILES string of the molecule is CCOc1ccc(C(=O)c2oc3ccccc3c2NC(=O)C(c2ccccc2)c2ccccc2)cc1. The minimum Gasteiger partial charge on any atom is -0.494 e. The van der Waals surface area contributed by atoms with Gasteiger partial charge in [0.1, 0.15) is 11.3 Å². The highest BCUT2D eigenvalue weighted by molar-refractivity contribution is 6.17. The summed E-state index contributed by atoms with van der Waals surface area (Å²) in [5.41, 5.74) is 3.04. The quantitative estimate of drug-likeness (QED) is 0.250. The maximum absolute atomic E-state index is 13.8. The van der Waals surface area contributed by atoms with E-state index < -0.39 is 5.92 Å². The number of rotatable bonds is 8. The summed E-state index contributed by atoms with van der Waals surface area (Å²) < 4.78 is 11.5.